The van der Waals surface area contributed by atoms with Crippen molar-refractivity contribution in [1.29, 1.82) is 0 Å². The molecule has 2 nitrogen and oxygen atoms in total. The number of aryl methyl sites for hydroxylation is 1. The third-order valence-electron chi connectivity index (χ3n) is 2.87. The third-order valence-corrected chi connectivity index (χ3v) is 2.87. The van der Waals surface area contributed by atoms with E-state index in [4.69, 9.17) is 4.74 Å². The number of carbonyl (C=O) groups is 1. The van der Waals surface area contributed by atoms with Gasteiger partial charge in [-0.05, 0) is 24.8 Å². The molecule has 1 aromatic rings. The van der Waals surface area contributed by atoms with Gasteiger partial charge in [0.15, 0.2) is 5.78 Å². The average molecular weight is 204 g/mol. The van der Waals surface area contributed by atoms with E-state index in [1.54, 1.807) is 0 Å². The Labute approximate surface area is 90.3 Å². The summed E-state index contributed by atoms with van der Waals surface area (Å²) in [5, 5.41) is 0. The zero-order valence-corrected chi connectivity index (χ0v) is 9.03. The molecule has 15 heavy (non-hydrogen) atoms. The third kappa shape index (κ3) is 2.26. The van der Waals surface area contributed by atoms with Gasteiger partial charge >= 0.3 is 0 Å². The van der Waals surface area contributed by atoms with Crippen LogP contribution in [0.3, 0.4) is 0 Å². The summed E-state index contributed by atoms with van der Waals surface area (Å²) in [7, 11) is 0. The van der Waals surface area contributed by atoms with E-state index in [-0.39, 0.29) is 11.9 Å². The van der Waals surface area contributed by atoms with Gasteiger partial charge < -0.3 is 4.74 Å². The highest BCUT2D eigenvalue weighted by molar-refractivity contribution is 5.99. The summed E-state index contributed by atoms with van der Waals surface area (Å²) in [6.45, 7) is 2.83. The van der Waals surface area contributed by atoms with Crippen molar-refractivity contribution in [2.75, 3.05) is 6.61 Å². The minimum absolute atomic E-state index is 0.134. The van der Waals surface area contributed by atoms with Gasteiger partial charge in [0, 0.05) is 12.2 Å². The van der Waals surface area contributed by atoms with E-state index < -0.39 is 0 Å². The Balaban J connectivity index is 2.11. The molecular formula is C13H16O2. The molecule has 1 saturated heterocycles. The maximum absolute atomic E-state index is 11.9. The van der Waals surface area contributed by atoms with Gasteiger partial charge in [0.2, 0.25) is 0 Å². The van der Waals surface area contributed by atoms with E-state index in [9.17, 15) is 4.79 Å². The lowest BCUT2D eigenvalue weighted by atomic mass is 10.0. The van der Waals surface area contributed by atoms with Crippen molar-refractivity contribution < 1.29 is 9.53 Å². The van der Waals surface area contributed by atoms with Gasteiger partial charge in [-0.3, -0.25) is 4.79 Å². The van der Waals surface area contributed by atoms with E-state index in [1.165, 1.54) is 5.56 Å². The number of Topliss-reactive ketones (excluding diaryl/α,β-unsaturated/α-hetero) is 1. The quantitative estimate of drug-likeness (QED) is 0.707. The second-order valence-corrected chi connectivity index (χ2v) is 3.92. The molecular weight excluding hydrogens is 188 g/mol. The summed E-state index contributed by atoms with van der Waals surface area (Å²) >= 11 is 0. The molecule has 0 aromatic heterocycles. The largest absolute Gasteiger partial charge is 0.370 e. The van der Waals surface area contributed by atoms with Crippen LogP contribution in [0, 0.1) is 0 Å². The van der Waals surface area contributed by atoms with Crippen molar-refractivity contribution in [3.63, 3.8) is 0 Å². The Hall–Kier alpha value is -1.15. The van der Waals surface area contributed by atoms with Crippen LogP contribution in [0.2, 0.25) is 0 Å². The van der Waals surface area contributed by atoms with Crippen molar-refractivity contribution in [1.82, 2.24) is 0 Å². The zero-order chi connectivity index (χ0) is 10.7. The second kappa shape index (κ2) is 4.58. The number of ketones is 1. The first-order valence-corrected chi connectivity index (χ1v) is 5.56. The number of hydrogen-bond acceptors (Lipinski definition) is 2. The van der Waals surface area contributed by atoms with Gasteiger partial charge in [-0.2, -0.15) is 0 Å². The fourth-order valence-corrected chi connectivity index (χ4v) is 1.88. The molecule has 1 atom stereocenters. The first kappa shape index (κ1) is 10.4. The van der Waals surface area contributed by atoms with Crippen molar-refractivity contribution >= 4 is 5.78 Å². The summed E-state index contributed by atoms with van der Waals surface area (Å²) in [4.78, 5) is 11.9. The van der Waals surface area contributed by atoms with Crippen molar-refractivity contribution in [2.24, 2.45) is 0 Å². The van der Waals surface area contributed by atoms with E-state index in [0.717, 1.165) is 31.4 Å². The summed E-state index contributed by atoms with van der Waals surface area (Å²) in [5.74, 6) is 0.134. The standard InChI is InChI=1S/C13H16O2/c1-2-10-5-7-11(8-6-10)13(14)12-4-3-9-15-12/h5-8,12H,2-4,9H2,1H3. The van der Waals surface area contributed by atoms with E-state index in [0.29, 0.717) is 0 Å². The number of rotatable bonds is 3. The van der Waals surface area contributed by atoms with Crippen molar-refractivity contribution in [3.05, 3.63) is 35.4 Å². The normalized spacial score (nSPS) is 20.5. The number of hydrogen-bond donors (Lipinski definition) is 0. The Morgan fingerprint density at radius 2 is 2.13 bits per heavy atom. The smallest absolute Gasteiger partial charge is 0.191 e. The molecule has 1 unspecified atom stereocenters. The molecule has 0 aliphatic carbocycles. The van der Waals surface area contributed by atoms with E-state index in [1.807, 2.05) is 24.3 Å². The molecule has 1 fully saturated rings. The van der Waals surface area contributed by atoms with Crippen LogP contribution in [0.15, 0.2) is 24.3 Å². The van der Waals surface area contributed by atoms with Gasteiger partial charge in [-0.15, -0.1) is 0 Å². The Morgan fingerprint density at radius 3 is 2.67 bits per heavy atom. The molecule has 0 bridgehead atoms. The monoisotopic (exact) mass is 204 g/mol. The van der Waals surface area contributed by atoms with Crippen LogP contribution in [0.4, 0.5) is 0 Å². The zero-order valence-electron chi connectivity index (χ0n) is 9.03. The second-order valence-electron chi connectivity index (χ2n) is 3.92. The van der Waals surface area contributed by atoms with Crippen LogP contribution in [0.5, 0.6) is 0 Å². The average Bonchev–Trinajstić information content (AvgIpc) is 2.82. The molecule has 1 heterocycles. The summed E-state index contributed by atoms with van der Waals surface area (Å²) < 4.78 is 5.38. The first-order chi connectivity index (χ1) is 7.31. The van der Waals surface area contributed by atoms with Gasteiger partial charge in [0.05, 0.1) is 0 Å². The molecule has 2 heteroatoms. The lowest BCUT2D eigenvalue weighted by Gasteiger charge is -2.08. The molecule has 0 radical (unpaired) electrons. The lowest BCUT2D eigenvalue weighted by Crippen LogP contribution is -2.19. The van der Waals surface area contributed by atoms with Gasteiger partial charge in [0.1, 0.15) is 6.10 Å². The molecule has 0 N–H and O–H groups in total. The van der Waals surface area contributed by atoms with Crippen molar-refractivity contribution in [3.8, 4) is 0 Å². The Bertz CT molecular complexity index is 334. The SMILES string of the molecule is CCc1ccc(C(=O)C2CCCO2)cc1. The molecule has 0 saturated carbocycles. The number of carbonyl (C=O) groups excluding carboxylic acids is 1. The summed E-state index contributed by atoms with van der Waals surface area (Å²) in [6, 6.07) is 7.84. The van der Waals surface area contributed by atoms with Gasteiger partial charge in [0.25, 0.3) is 0 Å². The predicted molar refractivity (Wildman–Crippen MR) is 59.1 cm³/mol. The number of benzene rings is 1. The van der Waals surface area contributed by atoms with Gasteiger partial charge in [-0.25, -0.2) is 0 Å². The number of ether oxygens (including phenoxy) is 1. The maximum atomic E-state index is 11.9. The minimum Gasteiger partial charge on any atom is -0.370 e. The van der Waals surface area contributed by atoms with Gasteiger partial charge in [-0.1, -0.05) is 31.2 Å². The fraction of sp³-hybridized carbons (Fsp3) is 0.462. The lowest BCUT2D eigenvalue weighted by molar-refractivity contribution is 0.0643. The highest BCUT2D eigenvalue weighted by Crippen LogP contribution is 2.17. The van der Waals surface area contributed by atoms with E-state index in [2.05, 4.69) is 6.92 Å². The van der Waals surface area contributed by atoms with Crippen LogP contribution in [0.25, 0.3) is 0 Å². The molecule has 2 rings (SSSR count). The van der Waals surface area contributed by atoms with Crippen LogP contribution >= 0.6 is 0 Å². The van der Waals surface area contributed by atoms with Crippen LogP contribution in [-0.2, 0) is 11.2 Å². The highest BCUT2D eigenvalue weighted by Gasteiger charge is 2.24. The Kier molecular flexibility index (Phi) is 3.17. The minimum atomic E-state index is -0.197. The molecule has 1 aromatic carbocycles. The van der Waals surface area contributed by atoms with Crippen LogP contribution in [0.1, 0.15) is 35.7 Å². The topological polar surface area (TPSA) is 26.3 Å². The molecule has 0 amide bonds. The molecule has 0 spiro atoms. The molecule has 1 aliphatic heterocycles. The molecule has 1 aliphatic rings. The van der Waals surface area contributed by atoms with Crippen LogP contribution < -0.4 is 0 Å². The highest BCUT2D eigenvalue weighted by atomic mass is 16.5. The molecule has 80 valence electrons. The van der Waals surface area contributed by atoms with E-state index >= 15 is 0 Å². The first-order valence-electron chi connectivity index (χ1n) is 5.56. The maximum Gasteiger partial charge on any atom is 0.191 e. The Morgan fingerprint density at radius 1 is 1.40 bits per heavy atom. The predicted octanol–water partition coefficient (Wildman–Crippen LogP) is 2.61. The summed E-state index contributed by atoms with van der Waals surface area (Å²) in [6.07, 6.45) is 2.68. The summed E-state index contributed by atoms with van der Waals surface area (Å²) in [5.41, 5.74) is 2.04. The van der Waals surface area contributed by atoms with Crippen LogP contribution in [-0.4, -0.2) is 18.5 Å². The van der Waals surface area contributed by atoms with Crippen molar-refractivity contribution in [2.45, 2.75) is 32.3 Å². The fourth-order valence-electron chi connectivity index (χ4n) is 1.88.